The van der Waals surface area contributed by atoms with Crippen LogP contribution in [0.25, 0.3) is 0 Å². The van der Waals surface area contributed by atoms with E-state index in [9.17, 15) is 4.79 Å². The molecule has 0 aliphatic carbocycles. The zero-order valence-corrected chi connectivity index (χ0v) is 15.2. The van der Waals surface area contributed by atoms with Crippen molar-refractivity contribution < 1.29 is 13.9 Å². The van der Waals surface area contributed by atoms with Crippen LogP contribution in [-0.4, -0.2) is 54.1 Å². The van der Waals surface area contributed by atoms with Gasteiger partial charge in [-0.25, -0.2) is 9.97 Å². The first-order valence-electron chi connectivity index (χ1n) is 8.47. The second-order valence-electron chi connectivity index (χ2n) is 6.54. The van der Waals surface area contributed by atoms with E-state index in [1.54, 1.807) is 18.5 Å². The van der Waals surface area contributed by atoms with Crippen LogP contribution in [0.3, 0.4) is 0 Å². The maximum absolute atomic E-state index is 12.8. The molecule has 0 unspecified atom stereocenters. The Morgan fingerprint density at radius 3 is 2.76 bits per heavy atom. The molecule has 1 atom stereocenters. The quantitative estimate of drug-likeness (QED) is 0.848. The summed E-state index contributed by atoms with van der Waals surface area (Å²) in [5, 5.41) is 0. The van der Waals surface area contributed by atoms with Crippen molar-refractivity contribution in [1.29, 1.82) is 0 Å². The fourth-order valence-electron chi connectivity index (χ4n) is 3.10. The number of ether oxygens (including phenoxy) is 1. The first-order valence-corrected chi connectivity index (χ1v) is 8.47. The van der Waals surface area contributed by atoms with E-state index in [-0.39, 0.29) is 12.0 Å². The van der Waals surface area contributed by atoms with E-state index >= 15 is 0 Å². The highest BCUT2D eigenvalue weighted by Gasteiger charge is 2.28. The molecule has 1 aliphatic rings. The van der Waals surface area contributed by atoms with Gasteiger partial charge < -0.3 is 19.0 Å². The largest absolute Gasteiger partial charge is 0.470 e. The normalized spacial score (nSPS) is 17.4. The van der Waals surface area contributed by atoms with E-state index in [1.165, 1.54) is 0 Å². The Bertz CT molecular complexity index is 757. The van der Waals surface area contributed by atoms with E-state index in [1.807, 2.05) is 37.7 Å². The average molecular weight is 344 g/mol. The molecule has 1 saturated heterocycles. The van der Waals surface area contributed by atoms with Gasteiger partial charge in [-0.05, 0) is 32.8 Å². The summed E-state index contributed by atoms with van der Waals surface area (Å²) in [7, 11) is 3.80. The van der Waals surface area contributed by atoms with Crippen LogP contribution in [0.5, 0.6) is 5.88 Å². The van der Waals surface area contributed by atoms with Crippen LogP contribution in [0.1, 0.15) is 34.7 Å². The predicted octanol–water partition coefficient (Wildman–Crippen LogP) is 2.44. The van der Waals surface area contributed by atoms with Crippen LogP contribution in [-0.2, 0) is 0 Å². The van der Waals surface area contributed by atoms with E-state index in [4.69, 9.17) is 9.15 Å². The maximum atomic E-state index is 12.8. The Labute approximate surface area is 147 Å². The number of furan rings is 1. The number of amides is 1. The monoisotopic (exact) mass is 344 g/mol. The van der Waals surface area contributed by atoms with Crippen LogP contribution in [0, 0.1) is 13.8 Å². The van der Waals surface area contributed by atoms with Gasteiger partial charge in [-0.15, -0.1) is 0 Å². The molecular weight excluding hydrogens is 320 g/mol. The third-order valence-electron chi connectivity index (χ3n) is 4.29. The molecule has 7 heteroatoms. The number of rotatable bonds is 4. The zero-order chi connectivity index (χ0) is 18.0. The maximum Gasteiger partial charge on any atom is 0.257 e. The van der Waals surface area contributed by atoms with Crippen LogP contribution in [0.4, 0.5) is 5.82 Å². The minimum Gasteiger partial charge on any atom is -0.470 e. The number of aryl methyl sites for hydroxylation is 2. The molecule has 0 radical (unpaired) electrons. The summed E-state index contributed by atoms with van der Waals surface area (Å²) in [5.74, 6) is 2.60. The Morgan fingerprint density at radius 1 is 1.32 bits per heavy atom. The molecule has 0 bridgehead atoms. The number of carbonyl (C=O) groups is 1. The van der Waals surface area contributed by atoms with Gasteiger partial charge in [-0.2, -0.15) is 0 Å². The number of hydrogen-bond donors (Lipinski definition) is 0. The molecule has 134 valence electrons. The van der Waals surface area contributed by atoms with Gasteiger partial charge in [0.15, 0.2) is 5.82 Å². The number of nitrogens with zero attached hydrogens (tertiary/aromatic N) is 4. The van der Waals surface area contributed by atoms with Crippen LogP contribution >= 0.6 is 0 Å². The van der Waals surface area contributed by atoms with Gasteiger partial charge in [0.1, 0.15) is 17.6 Å². The van der Waals surface area contributed by atoms with Gasteiger partial charge in [-0.3, -0.25) is 4.79 Å². The Morgan fingerprint density at radius 2 is 2.08 bits per heavy atom. The smallest absolute Gasteiger partial charge is 0.257 e. The molecular formula is C18H24N4O3. The van der Waals surface area contributed by atoms with Gasteiger partial charge in [0.2, 0.25) is 0 Å². The first kappa shape index (κ1) is 17.3. The Kier molecular flexibility index (Phi) is 4.92. The lowest BCUT2D eigenvalue weighted by Crippen LogP contribution is -2.44. The molecule has 0 spiro atoms. The lowest BCUT2D eigenvalue weighted by atomic mass is 10.1. The number of likely N-dealkylation sites (tertiary alicyclic amines) is 1. The number of hydrogen-bond acceptors (Lipinski definition) is 6. The summed E-state index contributed by atoms with van der Waals surface area (Å²) in [5.41, 5.74) is 0.631. The predicted molar refractivity (Wildman–Crippen MR) is 94.1 cm³/mol. The lowest BCUT2D eigenvalue weighted by Gasteiger charge is -2.33. The van der Waals surface area contributed by atoms with Crippen LogP contribution in [0.15, 0.2) is 22.9 Å². The van der Waals surface area contributed by atoms with Crippen LogP contribution < -0.4 is 9.64 Å². The summed E-state index contributed by atoms with van der Waals surface area (Å²) < 4.78 is 11.6. The van der Waals surface area contributed by atoms with Gasteiger partial charge >= 0.3 is 0 Å². The second-order valence-corrected chi connectivity index (χ2v) is 6.54. The highest BCUT2D eigenvalue weighted by Crippen LogP contribution is 2.25. The van der Waals surface area contributed by atoms with Crippen molar-refractivity contribution in [1.82, 2.24) is 14.9 Å². The molecule has 1 amide bonds. The molecule has 3 heterocycles. The van der Waals surface area contributed by atoms with Gasteiger partial charge in [0.05, 0.1) is 12.1 Å². The van der Waals surface area contributed by atoms with E-state index in [0.29, 0.717) is 29.6 Å². The summed E-state index contributed by atoms with van der Waals surface area (Å²) in [6, 6.07) is 1.80. The first-order chi connectivity index (χ1) is 12.0. The lowest BCUT2D eigenvalue weighted by molar-refractivity contribution is 0.0526. The molecule has 7 nitrogen and oxygen atoms in total. The van der Waals surface area contributed by atoms with E-state index in [0.717, 1.165) is 25.1 Å². The minimum atomic E-state index is -0.0959. The Hall–Kier alpha value is -2.57. The summed E-state index contributed by atoms with van der Waals surface area (Å²) >= 11 is 0. The minimum absolute atomic E-state index is 0.00497. The van der Waals surface area contributed by atoms with Crippen molar-refractivity contribution in [3.05, 3.63) is 35.5 Å². The van der Waals surface area contributed by atoms with Gasteiger partial charge in [0, 0.05) is 33.0 Å². The van der Waals surface area contributed by atoms with Crippen molar-refractivity contribution in [2.24, 2.45) is 0 Å². The summed E-state index contributed by atoms with van der Waals surface area (Å²) in [4.78, 5) is 25.1. The zero-order valence-electron chi connectivity index (χ0n) is 15.2. The molecule has 25 heavy (non-hydrogen) atoms. The third kappa shape index (κ3) is 3.75. The molecule has 2 aromatic rings. The summed E-state index contributed by atoms with van der Waals surface area (Å²) in [6.45, 7) is 4.93. The number of carbonyl (C=O) groups excluding carboxylic acids is 1. The molecule has 0 aromatic carbocycles. The van der Waals surface area contributed by atoms with Gasteiger partial charge in [-0.1, -0.05) is 0 Å². The SMILES string of the molecule is Cc1cc(C(=O)N2CCC[C@H](Oc3nccnc3N(C)C)C2)c(C)o1. The van der Waals surface area contributed by atoms with Crippen molar-refractivity contribution in [3.8, 4) is 5.88 Å². The van der Waals surface area contributed by atoms with Crippen LogP contribution in [0.2, 0.25) is 0 Å². The van der Waals surface area contributed by atoms with Crippen molar-refractivity contribution in [3.63, 3.8) is 0 Å². The molecule has 2 aromatic heterocycles. The molecule has 3 rings (SSSR count). The molecule has 1 fully saturated rings. The number of anilines is 1. The highest BCUT2D eigenvalue weighted by atomic mass is 16.5. The fourth-order valence-corrected chi connectivity index (χ4v) is 3.10. The molecule has 0 N–H and O–H groups in total. The highest BCUT2D eigenvalue weighted by molar-refractivity contribution is 5.95. The average Bonchev–Trinajstić information content (AvgIpc) is 2.93. The van der Waals surface area contributed by atoms with Crippen molar-refractivity contribution in [2.45, 2.75) is 32.8 Å². The fraction of sp³-hybridized carbons (Fsp3) is 0.500. The molecule has 1 aliphatic heterocycles. The standard InChI is InChI=1S/C18H24N4O3/c1-12-10-15(13(2)24-12)18(23)22-9-5-6-14(11-22)25-17-16(21(3)4)19-7-8-20-17/h7-8,10,14H,5-6,9,11H2,1-4H3/t14-/m0/s1. The van der Waals surface area contributed by atoms with Crippen molar-refractivity contribution >= 4 is 11.7 Å². The second kappa shape index (κ2) is 7.13. The topological polar surface area (TPSA) is 71.7 Å². The molecule has 0 saturated carbocycles. The summed E-state index contributed by atoms with van der Waals surface area (Å²) in [6.07, 6.45) is 4.94. The van der Waals surface area contributed by atoms with Gasteiger partial charge in [0.25, 0.3) is 11.8 Å². The number of piperidine rings is 1. The van der Waals surface area contributed by atoms with Crippen molar-refractivity contribution in [2.75, 3.05) is 32.1 Å². The number of aromatic nitrogens is 2. The Balaban J connectivity index is 1.71. The van der Waals surface area contributed by atoms with E-state index < -0.39 is 0 Å². The van der Waals surface area contributed by atoms with E-state index in [2.05, 4.69) is 9.97 Å². The third-order valence-corrected chi connectivity index (χ3v) is 4.29.